The summed E-state index contributed by atoms with van der Waals surface area (Å²) in [4.78, 5) is 22.7. The first kappa shape index (κ1) is 17.2. The van der Waals surface area contributed by atoms with Gasteiger partial charge in [0.05, 0.1) is 6.54 Å². The van der Waals surface area contributed by atoms with E-state index < -0.39 is 0 Å². The summed E-state index contributed by atoms with van der Waals surface area (Å²) in [6.45, 7) is 6.58. The van der Waals surface area contributed by atoms with E-state index in [1.54, 1.807) is 0 Å². The van der Waals surface area contributed by atoms with Gasteiger partial charge in [-0.3, -0.25) is 9.59 Å². The van der Waals surface area contributed by atoms with Crippen molar-refractivity contribution in [2.75, 3.05) is 18.4 Å². The number of benzene rings is 1. The van der Waals surface area contributed by atoms with Gasteiger partial charge in [-0.15, -0.1) is 0 Å². The number of carbonyl (C=O) groups excluding carboxylic acids is 2. The van der Waals surface area contributed by atoms with Gasteiger partial charge < -0.3 is 16.0 Å². The zero-order valence-electron chi connectivity index (χ0n) is 13.0. The molecule has 5 heteroatoms. The maximum Gasteiger partial charge on any atom is 0.233 e. The van der Waals surface area contributed by atoms with Gasteiger partial charge in [0.15, 0.2) is 0 Å². The fourth-order valence-corrected chi connectivity index (χ4v) is 1.92. The number of hydrogen-bond donors (Lipinski definition) is 3. The van der Waals surface area contributed by atoms with Crippen molar-refractivity contribution in [3.8, 4) is 0 Å². The molecule has 1 unspecified atom stereocenters. The monoisotopic (exact) mass is 291 g/mol. The fourth-order valence-electron chi connectivity index (χ4n) is 1.92. The Labute approximate surface area is 126 Å². The molecule has 1 rings (SSSR count). The summed E-state index contributed by atoms with van der Waals surface area (Å²) >= 11 is 0. The molecule has 0 radical (unpaired) electrons. The molecule has 1 atom stereocenters. The van der Waals surface area contributed by atoms with Crippen LogP contribution in [0, 0.1) is 0 Å². The SMILES string of the molecule is CCCCNC(=O)CNC(C)c1cccc(NC(C)=O)c1. The highest BCUT2D eigenvalue weighted by Gasteiger charge is 2.08. The van der Waals surface area contributed by atoms with Gasteiger partial charge in [0.25, 0.3) is 0 Å². The van der Waals surface area contributed by atoms with Crippen molar-refractivity contribution in [3.63, 3.8) is 0 Å². The van der Waals surface area contributed by atoms with Crippen LogP contribution in [0.2, 0.25) is 0 Å². The van der Waals surface area contributed by atoms with E-state index in [0.717, 1.165) is 30.6 Å². The Bertz CT molecular complexity index is 474. The van der Waals surface area contributed by atoms with E-state index in [4.69, 9.17) is 0 Å². The summed E-state index contributed by atoms with van der Waals surface area (Å²) in [6, 6.07) is 7.65. The minimum absolute atomic E-state index is 0.00770. The van der Waals surface area contributed by atoms with Gasteiger partial charge in [0.2, 0.25) is 11.8 Å². The molecular formula is C16H25N3O2. The van der Waals surface area contributed by atoms with Crippen molar-refractivity contribution in [2.45, 2.75) is 39.7 Å². The molecule has 0 aliphatic carbocycles. The molecule has 3 N–H and O–H groups in total. The van der Waals surface area contributed by atoms with Crippen LogP contribution in [0.25, 0.3) is 0 Å². The molecule has 2 amide bonds. The zero-order chi connectivity index (χ0) is 15.7. The van der Waals surface area contributed by atoms with Gasteiger partial charge in [-0.1, -0.05) is 25.5 Å². The first-order valence-electron chi connectivity index (χ1n) is 7.40. The molecule has 5 nitrogen and oxygen atoms in total. The largest absolute Gasteiger partial charge is 0.355 e. The molecule has 21 heavy (non-hydrogen) atoms. The van der Waals surface area contributed by atoms with E-state index in [1.165, 1.54) is 6.92 Å². The smallest absolute Gasteiger partial charge is 0.233 e. The van der Waals surface area contributed by atoms with Crippen molar-refractivity contribution in [1.29, 1.82) is 0 Å². The standard InChI is InChI=1S/C16H25N3O2/c1-4-5-9-17-16(21)11-18-12(2)14-7-6-8-15(10-14)19-13(3)20/h6-8,10,12,18H,4-5,9,11H2,1-3H3,(H,17,21)(H,19,20). The van der Waals surface area contributed by atoms with Crippen molar-refractivity contribution >= 4 is 17.5 Å². The lowest BCUT2D eigenvalue weighted by molar-refractivity contribution is -0.120. The third kappa shape index (κ3) is 6.90. The van der Waals surface area contributed by atoms with Crippen LogP contribution in [0.4, 0.5) is 5.69 Å². The molecule has 0 spiro atoms. The van der Waals surface area contributed by atoms with Crippen LogP contribution in [-0.2, 0) is 9.59 Å². The van der Waals surface area contributed by atoms with Gasteiger partial charge in [-0.05, 0) is 31.0 Å². The van der Waals surface area contributed by atoms with Gasteiger partial charge in [0.1, 0.15) is 0 Å². The van der Waals surface area contributed by atoms with Crippen LogP contribution >= 0.6 is 0 Å². The van der Waals surface area contributed by atoms with Crippen LogP contribution in [0.1, 0.15) is 45.2 Å². The predicted octanol–water partition coefficient (Wildman–Crippen LogP) is 2.21. The molecule has 116 valence electrons. The van der Waals surface area contributed by atoms with Crippen molar-refractivity contribution in [2.24, 2.45) is 0 Å². The van der Waals surface area contributed by atoms with Crippen molar-refractivity contribution in [3.05, 3.63) is 29.8 Å². The van der Waals surface area contributed by atoms with E-state index in [1.807, 2.05) is 31.2 Å². The second-order valence-corrected chi connectivity index (χ2v) is 5.11. The van der Waals surface area contributed by atoms with Crippen LogP contribution in [-0.4, -0.2) is 24.9 Å². The van der Waals surface area contributed by atoms with Gasteiger partial charge >= 0.3 is 0 Å². The van der Waals surface area contributed by atoms with Crippen LogP contribution in [0.15, 0.2) is 24.3 Å². The third-order valence-electron chi connectivity index (χ3n) is 3.13. The van der Waals surface area contributed by atoms with E-state index in [2.05, 4.69) is 22.9 Å². The molecule has 0 aromatic heterocycles. The highest BCUT2D eigenvalue weighted by atomic mass is 16.2. The maximum atomic E-state index is 11.6. The highest BCUT2D eigenvalue weighted by molar-refractivity contribution is 5.88. The summed E-state index contributed by atoms with van der Waals surface area (Å²) in [7, 11) is 0. The molecule has 0 aliphatic heterocycles. The molecule has 1 aromatic carbocycles. The Morgan fingerprint density at radius 3 is 2.71 bits per heavy atom. The van der Waals surface area contributed by atoms with E-state index >= 15 is 0 Å². The lowest BCUT2D eigenvalue weighted by atomic mass is 10.1. The Morgan fingerprint density at radius 1 is 1.29 bits per heavy atom. The number of hydrogen-bond acceptors (Lipinski definition) is 3. The van der Waals surface area contributed by atoms with Crippen molar-refractivity contribution in [1.82, 2.24) is 10.6 Å². The minimum Gasteiger partial charge on any atom is -0.355 e. The number of rotatable bonds is 8. The minimum atomic E-state index is -0.0944. The first-order valence-corrected chi connectivity index (χ1v) is 7.40. The number of anilines is 1. The molecule has 0 bridgehead atoms. The normalized spacial score (nSPS) is 11.8. The Hall–Kier alpha value is -1.88. The summed E-state index contributed by atoms with van der Waals surface area (Å²) in [5, 5.41) is 8.80. The molecule has 1 aromatic rings. The van der Waals surface area contributed by atoms with Crippen LogP contribution in [0.3, 0.4) is 0 Å². The van der Waals surface area contributed by atoms with Crippen LogP contribution < -0.4 is 16.0 Å². The summed E-state index contributed by atoms with van der Waals surface area (Å²) in [6.07, 6.45) is 2.07. The van der Waals surface area contributed by atoms with Crippen LogP contribution in [0.5, 0.6) is 0 Å². The molecule has 0 saturated heterocycles. The summed E-state index contributed by atoms with van der Waals surface area (Å²) < 4.78 is 0. The Morgan fingerprint density at radius 2 is 2.05 bits per heavy atom. The van der Waals surface area contributed by atoms with Gasteiger partial charge in [0, 0.05) is 25.2 Å². The number of carbonyl (C=O) groups is 2. The number of unbranched alkanes of at least 4 members (excludes halogenated alkanes) is 1. The fraction of sp³-hybridized carbons (Fsp3) is 0.500. The molecule has 0 aliphatic rings. The summed E-state index contributed by atoms with van der Waals surface area (Å²) in [5.74, 6) is -0.0867. The second-order valence-electron chi connectivity index (χ2n) is 5.11. The zero-order valence-corrected chi connectivity index (χ0v) is 13.0. The predicted molar refractivity (Wildman–Crippen MR) is 85.1 cm³/mol. The topological polar surface area (TPSA) is 70.2 Å². The quantitative estimate of drug-likeness (QED) is 0.643. The highest BCUT2D eigenvalue weighted by Crippen LogP contribution is 2.17. The lowest BCUT2D eigenvalue weighted by Crippen LogP contribution is -2.35. The average molecular weight is 291 g/mol. The van der Waals surface area contributed by atoms with E-state index in [0.29, 0.717) is 0 Å². The van der Waals surface area contributed by atoms with Crippen molar-refractivity contribution < 1.29 is 9.59 Å². The third-order valence-corrected chi connectivity index (χ3v) is 3.13. The van der Waals surface area contributed by atoms with E-state index in [-0.39, 0.29) is 24.4 Å². The first-order chi connectivity index (χ1) is 10.0. The lowest BCUT2D eigenvalue weighted by Gasteiger charge is -2.15. The second kappa shape index (κ2) is 9.13. The Kier molecular flexibility index (Phi) is 7.46. The molecule has 0 heterocycles. The average Bonchev–Trinajstić information content (AvgIpc) is 2.44. The number of nitrogens with one attached hydrogen (secondary N) is 3. The molecule has 0 fully saturated rings. The maximum absolute atomic E-state index is 11.6. The van der Waals surface area contributed by atoms with Gasteiger partial charge in [-0.25, -0.2) is 0 Å². The van der Waals surface area contributed by atoms with E-state index in [9.17, 15) is 9.59 Å². The number of amides is 2. The Balaban J connectivity index is 2.46. The molecular weight excluding hydrogens is 266 g/mol. The van der Waals surface area contributed by atoms with Gasteiger partial charge in [-0.2, -0.15) is 0 Å². The summed E-state index contributed by atoms with van der Waals surface area (Å²) in [5.41, 5.74) is 1.80. The molecule has 0 saturated carbocycles.